The maximum absolute atomic E-state index is 12.6. The molecule has 3 rings (SSSR count). The third kappa shape index (κ3) is 18.6. The summed E-state index contributed by atoms with van der Waals surface area (Å²) >= 11 is 0. The number of aliphatic carboxylic acids is 1. The molecular formula is C47H73NO17. The summed E-state index contributed by atoms with van der Waals surface area (Å²) in [6.07, 6.45) is 3.46. The van der Waals surface area contributed by atoms with E-state index in [4.69, 9.17) is 24.7 Å². The number of aliphatic hydroxyl groups is 10. The summed E-state index contributed by atoms with van der Waals surface area (Å²) in [6.45, 7) is 6.74. The van der Waals surface area contributed by atoms with E-state index < -0.39 is 147 Å². The highest BCUT2D eigenvalue weighted by Crippen LogP contribution is 2.38. The van der Waals surface area contributed by atoms with Gasteiger partial charge in [-0.25, -0.2) is 0 Å². The molecule has 0 radical (unpaired) electrons. The first-order valence-electron chi connectivity index (χ1n) is 22.3. The summed E-state index contributed by atoms with van der Waals surface area (Å²) in [5.74, 6) is -6.83. The Morgan fingerprint density at radius 1 is 0.662 bits per heavy atom. The van der Waals surface area contributed by atoms with Crippen LogP contribution in [0, 0.1) is 17.8 Å². The van der Waals surface area contributed by atoms with Gasteiger partial charge in [-0.2, -0.15) is 0 Å². The predicted molar refractivity (Wildman–Crippen MR) is 237 cm³/mol. The molecule has 1 unspecified atom stereocenters. The van der Waals surface area contributed by atoms with Gasteiger partial charge in [-0.1, -0.05) is 98.9 Å². The van der Waals surface area contributed by atoms with Gasteiger partial charge in [0.1, 0.15) is 18.1 Å². The number of cyclic esters (lactones) is 1. The molecule has 19 atom stereocenters. The van der Waals surface area contributed by atoms with Crippen LogP contribution in [-0.4, -0.2) is 166 Å². The van der Waals surface area contributed by atoms with E-state index in [1.165, 1.54) is 13.0 Å². The molecule has 0 aliphatic carbocycles. The lowest BCUT2D eigenvalue weighted by Gasteiger charge is -2.45. The molecule has 3 aliphatic rings. The number of hydrogen-bond donors (Lipinski definition) is 12. The smallest absolute Gasteiger partial charge is 0.311 e. The number of allylic oxidation sites excluding steroid dienone is 12. The van der Waals surface area contributed by atoms with Gasteiger partial charge in [0.15, 0.2) is 12.1 Å². The van der Waals surface area contributed by atoms with Gasteiger partial charge in [0.25, 0.3) is 0 Å². The zero-order valence-corrected chi connectivity index (χ0v) is 37.6. The summed E-state index contributed by atoms with van der Waals surface area (Å²) < 4.78 is 23.1. The van der Waals surface area contributed by atoms with Crippen molar-refractivity contribution in [3.63, 3.8) is 0 Å². The fourth-order valence-corrected chi connectivity index (χ4v) is 7.97. The second-order valence-corrected chi connectivity index (χ2v) is 17.6. The van der Waals surface area contributed by atoms with E-state index in [0.717, 1.165) is 0 Å². The average Bonchev–Trinajstić information content (AvgIpc) is 3.21. The van der Waals surface area contributed by atoms with Crippen molar-refractivity contribution in [1.29, 1.82) is 0 Å². The molecular weight excluding hydrogens is 851 g/mol. The number of carbonyl (C=O) groups is 2. The van der Waals surface area contributed by atoms with E-state index in [1.54, 1.807) is 80.7 Å². The fraction of sp³-hybridized carbons (Fsp3) is 0.660. The summed E-state index contributed by atoms with van der Waals surface area (Å²) in [7, 11) is 0. The molecule has 0 amide bonds. The topological polar surface area (TPSA) is 320 Å². The normalized spacial score (nSPS) is 42.0. The molecule has 3 heterocycles. The second kappa shape index (κ2) is 27.4. The Morgan fingerprint density at radius 2 is 1.23 bits per heavy atom. The predicted octanol–water partition coefficient (Wildman–Crippen LogP) is 0.712. The Labute approximate surface area is 381 Å². The van der Waals surface area contributed by atoms with Crippen LogP contribution < -0.4 is 5.73 Å². The van der Waals surface area contributed by atoms with Crippen molar-refractivity contribution in [2.45, 2.75) is 177 Å². The number of ether oxygens (including phenoxy) is 4. The molecule has 13 N–H and O–H groups in total. The van der Waals surface area contributed by atoms with Crippen molar-refractivity contribution in [3.8, 4) is 0 Å². The lowest BCUT2D eigenvalue weighted by atomic mass is 9.82. The zero-order chi connectivity index (χ0) is 48.4. The van der Waals surface area contributed by atoms with Crippen LogP contribution in [0.1, 0.15) is 79.1 Å². The minimum Gasteiger partial charge on any atom is -0.481 e. The van der Waals surface area contributed by atoms with Crippen molar-refractivity contribution in [2.24, 2.45) is 23.5 Å². The number of nitrogens with two attached hydrogens (primary N) is 1. The average molecular weight is 924 g/mol. The number of fused-ring (bicyclic) bond motifs is 2. The highest BCUT2D eigenvalue weighted by Gasteiger charge is 2.51. The lowest BCUT2D eigenvalue weighted by Crippen LogP contribution is -2.61. The Balaban J connectivity index is 1.86. The maximum atomic E-state index is 12.6. The molecule has 0 spiro atoms. The van der Waals surface area contributed by atoms with Crippen LogP contribution in [-0.2, 0) is 28.5 Å². The lowest BCUT2D eigenvalue weighted by molar-refractivity contribution is -0.308. The first kappa shape index (κ1) is 55.9. The summed E-state index contributed by atoms with van der Waals surface area (Å²) in [5, 5.41) is 118. The van der Waals surface area contributed by atoms with E-state index in [1.807, 2.05) is 19.1 Å². The van der Waals surface area contributed by atoms with Crippen LogP contribution in [0.15, 0.2) is 85.1 Å². The molecule has 0 saturated carbocycles. The number of esters is 1. The van der Waals surface area contributed by atoms with Crippen LogP contribution >= 0.6 is 0 Å². The molecule has 368 valence electrons. The van der Waals surface area contributed by atoms with Crippen LogP contribution in [0.3, 0.4) is 0 Å². The number of rotatable bonds is 3. The molecule has 0 aromatic rings. The number of carboxylic acid groups (broad SMARTS) is 1. The standard InChI is InChI=1S/C47H73NO17/c1-27-17-15-13-11-9-7-5-6-8-10-12-14-16-18-34(64-46-44(58)41(48)43(57)30(4)63-46)24-38-40(45(59)60)37(54)26-47(61,65-38)25-33(51)22-36(53)35(52)20-19-31(49)21-32(50)23-39(55)62-29(3)28(2)42(27)56/h5-18,27-38,40-44,46,49-54,56-58,61H,19-26,48H2,1-4H3,(H,59,60)/t27-,28-,29-,30+,31+,32+,33-,34-,35+,36+,37-,38-,40+,41-,42+,43+,44-,46-,47?/m0/s1. The van der Waals surface area contributed by atoms with E-state index >= 15 is 0 Å². The number of carbonyl (C=O) groups excluding carboxylic acids is 1. The monoisotopic (exact) mass is 923 g/mol. The van der Waals surface area contributed by atoms with Crippen molar-refractivity contribution < 1.29 is 84.7 Å². The first-order valence-corrected chi connectivity index (χ1v) is 22.3. The summed E-state index contributed by atoms with van der Waals surface area (Å²) in [6, 6.07) is -1.15. The van der Waals surface area contributed by atoms with Crippen LogP contribution in [0.25, 0.3) is 0 Å². The number of carboxylic acids is 1. The molecule has 0 aromatic heterocycles. The van der Waals surface area contributed by atoms with Gasteiger partial charge in [0.2, 0.25) is 0 Å². The molecule has 2 fully saturated rings. The molecule has 18 heteroatoms. The van der Waals surface area contributed by atoms with Crippen LogP contribution in [0.2, 0.25) is 0 Å². The minimum atomic E-state index is -2.33. The third-order valence-electron chi connectivity index (χ3n) is 12.0. The molecule has 0 aromatic carbocycles. The van der Waals surface area contributed by atoms with Gasteiger partial charge in [0.05, 0.1) is 79.6 Å². The summed E-state index contributed by atoms with van der Waals surface area (Å²) in [4.78, 5) is 25.1. The van der Waals surface area contributed by atoms with Gasteiger partial charge < -0.3 is 80.9 Å². The first-order chi connectivity index (χ1) is 30.6. The Kier molecular flexibility index (Phi) is 23.6. The Morgan fingerprint density at radius 3 is 1.82 bits per heavy atom. The van der Waals surface area contributed by atoms with E-state index in [-0.39, 0.29) is 31.6 Å². The molecule has 2 bridgehead atoms. The third-order valence-corrected chi connectivity index (χ3v) is 12.0. The fourth-order valence-electron chi connectivity index (χ4n) is 7.97. The van der Waals surface area contributed by atoms with Gasteiger partial charge >= 0.3 is 11.9 Å². The SMILES string of the molecule is C[C@@H]1[C@H](O)[C@@H](C)C=CC=CC=CC=CC=CC=CC=C[C@H](O[C@@H]2O[C@H](C)[C@@H](O)[C@H](N)[C@@H]2O)C[C@@H]2OC(O)(C[C@@H](O)C[C@@H](O)[C@H](O)CC[C@@H](O)C[C@@H](O)CC(=O)O[C@H]1C)C[C@H](O)[C@H]2C(=O)O. The van der Waals surface area contributed by atoms with Crippen molar-refractivity contribution >= 4 is 11.9 Å². The maximum Gasteiger partial charge on any atom is 0.311 e. The molecule has 3 aliphatic heterocycles. The molecule has 2 saturated heterocycles. The quantitative estimate of drug-likeness (QED) is 0.174. The van der Waals surface area contributed by atoms with Crippen molar-refractivity contribution in [2.75, 3.05) is 0 Å². The molecule has 18 nitrogen and oxygen atoms in total. The highest BCUT2D eigenvalue weighted by atomic mass is 16.7. The van der Waals surface area contributed by atoms with Crippen LogP contribution in [0.5, 0.6) is 0 Å². The Bertz CT molecular complexity index is 1670. The van der Waals surface area contributed by atoms with Gasteiger partial charge in [0, 0.05) is 37.5 Å². The van der Waals surface area contributed by atoms with Gasteiger partial charge in [-0.3, -0.25) is 9.59 Å². The second-order valence-electron chi connectivity index (χ2n) is 17.6. The molecule has 65 heavy (non-hydrogen) atoms. The van der Waals surface area contributed by atoms with Crippen molar-refractivity contribution in [1.82, 2.24) is 0 Å². The highest BCUT2D eigenvalue weighted by molar-refractivity contribution is 5.71. The van der Waals surface area contributed by atoms with E-state index in [2.05, 4.69) is 0 Å². The van der Waals surface area contributed by atoms with E-state index in [0.29, 0.717) is 0 Å². The minimum absolute atomic E-state index is 0.107. The summed E-state index contributed by atoms with van der Waals surface area (Å²) in [5.41, 5.74) is 6.02. The van der Waals surface area contributed by atoms with Gasteiger partial charge in [-0.15, -0.1) is 0 Å². The van der Waals surface area contributed by atoms with Gasteiger partial charge in [-0.05, 0) is 33.1 Å². The number of hydrogen-bond acceptors (Lipinski definition) is 17. The Hall–Kier alpha value is -3.44. The largest absolute Gasteiger partial charge is 0.481 e. The van der Waals surface area contributed by atoms with Crippen LogP contribution in [0.4, 0.5) is 0 Å². The van der Waals surface area contributed by atoms with E-state index in [9.17, 15) is 65.8 Å². The van der Waals surface area contributed by atoms with Crippen molar-refractivity contribution in [3.05, 3.63) is 85.1 Å². The number of aliphatic hydroxyl groups excluding tert-OH is 9. The zero-order valence-electron chi connectivity index (χ0n) is 37.6.